The van der Waals surface area contributed by atoms with Crippen LogP contribution in [0.15, 0.2) is 28.8 Å². The van der Waals surface area contributed by atoms with E-state index in [1.54, 1.807) is 12.1 Å². The Hall–Kier alpha value is -2.28. The zero-order valence-electron chi connectivity index (χ0n) is 11.6. The largest absolute Gasteiger partial charge is 0.375 e. The minimum absolute atomic E-state index is 0.138. The maximum Gasteiger partial charge on any atom is 0.252 e. The van der Waals surface area contributed by atoms with Gasteiger partial charge in [0.05, 0.1) is 6.42 Å². The van der Waals surface area contributed by atoms with E-state index >= 15 is 0 Å². The standard InChI is InChI=1S/C14H16FN3O3/c1-20-9-14-17-12(18-21-14)5-6-16-13(19)8-10-3-2-4-11(15)7-10/h2-4,7H,5-6,8-9H2,1H3,(H,16,19). The van der Waals surface area contributed by atoms with Gasteiger partial charge in [0, 0.05) is 20.1 Å². The van der Waals surface area contributed by atoms with E-state index in [4.69, 9.17) is 9.26 Å². The summed E-state index contributed by atoms with van der Waals surface area (Å²) in [5.74, 6) is 0.380. The van der Waals surface area contributed by atoms with Gasteiger partial charge in [-0.15, -0.1) is 0 Å². The van der Waals surface area contributed by atoms with E-state index in [-0.39, 0.29) is 24.8 Å². The van der Waals surface area contributed by atoms with Crippen molar-refractivity contribution in [3.8, 4) is 0 Å². The van der Waals surface area contributed by atoms with Gasteiger partial charge in [-0.1, -0.05) is 17.3 Å². The van der Waals surface area contributed by atoms with Crippen molar-refractivity contribution in [1.82, 2.24) is 15.5 Å². The monoisotopic (exact) mass is 293 g/mol. The Morgan fingerprint density at radius 2 is 2.33 bits per heavy atom. The molecule has 2 aromatic rings. The summed E-state index contributed by atoms with van der Waals surface area (Å²) in [6, 6.07) is 5.97. The highest BCUT2D eigenvalue weighted by Gasteiger charge is 2.07. The van der Waals surface area contributed by atoms with Gasteiger partial charge in [0.25, 0.3) is 5.89 Å². The molecule has 1 aromatic heterocycles. The fourth-order valence-corrected chi connectivity index (χ4v) is 1.78. The number of nitrogens with zero attached hydrogens (tertiary/aromatic N) is 2. The van der Waals surface area contributed by atoms with E-state index in [0.717, 1.165) is 0 Å². The molecule has 1 aromatic carbocycles. The van der Waals surface area contributed by atoms with Crippen LogP contribution in [0.1, 0.15) is 17.3 Å². The van der Waals surface area contributed by atoms with Gasteiger partial charge in [0.2, 0.25) is 5.91 Å². The van der Waals surface area contributed by atoms with E-state index in [1.807, 2.05) is 0 Å². The number of rotatable bonds is 7. The summed E-state index contributed by atoms with van der Waals surface area (Å²) < 4.78 is 22.8. The highest BCUT2D eigenvalue weighted by Crippen LogP contribution is 2.04. The van der Waals surface area contributed by atoms with E-state index in [0.29, 0.717) is 30.2 Å². The number of hydrogen-bond acceptors (Lipinski definition) is 5. The van der Waals surface area contributed by atoms with Crippen LogP contribution in [-0.2, 0) is 29.0 Å². The van der Waals surface area contributed by atoms with Crippen molar-refractivity contribution in [3.05, 3.63) is 47.4 Å². The van der Waals surface area contributed by atoms with Crippen molar-refractivity contribution in [1.29, 1.82) is 0 Å². The van der Waals surface area contributed by atoms with Crippen LogP contribution >= 0.6 is 0 Å². The molecule has 1 heterocycles. The predicted molar refractivity (Wildman–Crippen MR) is 71.8 cm³/mol. The number of methoxy groups -OCH3 is 1. The van der Waals surface area contributed by atoms with Crippen LogP contribution in [0.4, 0.5) is 4.39 Å². The number of nitrogens with one attached hydrogen (secondary N) is 1. The van der Waals surface area contributed by atoms with Crippen LogP contribution in [0.2, 0.25) is 0 Å². The molecule has 21 heavy (non-hydrogen) atoms. The quantitative estimate of drug-likeness (QED) is 0.831. The van der Waals surface area contributed by atoms with Crippen LogP contribution in [0, 0.1) is 5.82 Å². The number of halogens is 1. The lowest BCUT2D eigenvalue weighted by Crippen LogP contribution is -2.27. The lowest BCUT2D eigenvalue weighted by atomic mass is 10.1. The minimum atomic E-state index is -0.349. The highest BCUT2D eigenvalue weighted by atomic mass is 19.1. The van der Waals surface area contributed by atoms with Crippen LogP contribution in [-0.4, -0.2) is 29.7 Å². The van der Waals surface area contributed by atoms with Crippen molar-refractivity contribution >= 4 is 5.91 Å². The van der Waals surface area contributed by atoms with Gasteiger partial charge < -0.3 is 14.6 Å². The summed E-state index contributed by atoms with van der Waals surface area (Å²) >= 11 is 0. The molecular weight excluding hydrogens is 277 g/mol. The summed E-state index contributed by atoms with van der Waals surface area (Å²) in [4.78, 5) is 15.8. The molecule has 2 rings (SSSR count). The molecule has 1 amide bonds. The van der Waals surface area contributed by atoms with Gasteiger partial charge in [-0.3, -0.25) is 4.79 Å². The van der Waals surface area contributed by atoms with Crippen molar-refractivity contribution in [2.75, 3.05) is 13.7 Å². The van der Waals surface area contributed by atoms with E-state index in [1.165, 1.54) is 19.2 Å². The molecule has 0 aliphatic rings. The third-order valence-electron chi connectivity index (χ3n) is 2.70. The van der Waals surface area contributed by atoms with E-state index in [9.17, 15) is 9.18 Å². The second-order valence-corrected chi connectivity index (χ2v) is 4.44. The second kappa shape index (κ2) is 7.49. The van der Waals surface area contributed by atoms with Crippen LogP contribution < -0.4 is 5.32 Å². The zero-order chi connectivity index (χ0) is 15.1. The second-order valence-electron chi connectivity index (χ2n) is 4.44. The van der Waals surface area contributed by atoms with Gasteiger partial charge in [-0.05, 0) is 17.7 Å². The Bertz CT molecular complexity index is 601. The molecule has 6 nitrogen and oxygen atoms in total. The van der Waals surface area contributed by atoms with Crippen molar-refractivity contribution in [2.24, 2.45) is 0 Å². The van der Waals surface area contributed by atoms with Crippen molar-refractivity contribution in [3.63, 3.8) is 0 Å². The lowest BCUT2D eigenvalue weighted by Gasteiger charge is -2.03. The predicted octanol–water partition coefficient (Wildman–Crippen LogP) is 1.26. The Morgan fingerprint density at radius 3 is 3.10 bits per heavy atom. The third kappa shape index (κ3) is 4.96. The van der Waals surface area contributed by atoms with Gasteiger partial charge in [-0.25, -0.2) is 4.39 Å². The molecule has 0 unspecified atom stereocenters. The maximum absolute atomic E-state index is 13.0. The normalized spacial score (nSPS) is 10.6. The first kappa shape index (κ1) is 15.1. The van der Waals surface area contributed by atoms with Gasteiger partial charge in [0.1, 0.15) is 12.4 Å². The number of carbonyl (C=O) groups excluding carboxylic acids is 1. The molecule has 0 aliphatic heterocycles. The molecular formula is C14H16FN3O3. The molecule has 0 aliphatic carbocycles. The van der Waals surface area contributed by atoms with E-state index in [2.05, 4.69) is 15.5 Å². The maximum atomic E-state index is 13.0. The highest BCUT2D eigenvalue weighted by molar-refractivity contribution is 5.78. The van der Waals surface area contributed by atoms with Crippen LogP contribution in [0.3, 0.4) is 0 Å². The van der Waals surface area contributed by atoms with Gasteiger partial charge >= 0.3 is 0 Å². The molecule has 0 saturated heterocycles. The molecule has 1 N–H and O–H groups in total. The summed E-state index contributed by atoms with van der Waals surface area (Å²) in [5.41, 5.74) is 0.634. The number of carbonyl (C=O) groups is 1. The summed E-state index contributed by atoms with van der Waals surface area (Å²) in [6.45, 7) is 0.652. The Morgan fingerprint density at radius 1 is 1.48 bits per heavy atom. The topological polar surface area (TPSA) is 77.2 Å². The number of hydrogen-bond donors (Lipinski definition) is 1. The van der Waals surface area contributed by atoms with Gasteiger partial charge in [0.15, 0.2) is 5.82 Å². The fraction of sp³-hybridized carbons (Fsp3) is 0.357. The average molecular weight is 293 g/mol. The number of ether oxygens (including phenoxy) is 1. The molecule has 0 atom stereocenters. The molecule has 0 bridgehead atoms. The Kier molecular flexibility index (Phi) is 5.39. The van der Waals surface area contributed by atoms with Crippen LogP contribution in [0.5, 0.6) is 0 Å². The molecule has 7 heteroatoms. The average Bonchev–Trinajstić information content (AvgIpc) is 2.87. The zero-order valence-corrected chi connectivity index (χ0v) is 11.6. The Balaban J connectivity index is 1.73. The first-order valence-corrected chi connectivity index (χ1v) is 6.49. The lowest BCUT2D eigenvalue weighted by molar-refractivity contribution is -0.120. The van der Waals surface area contributed by atoms with Crippen molar-refractivity contribution in [2.45, 2.75) is 19.4 Å². The third-order valence-corrected chi connectivity index (χ3v) is 2.70. The smallest absolute Gasteiger partial charge is 0.252 e. The first-order chi connectivity index (χ1) is 10.2. The molecule has 0 spiro atoms. The SMILES string of the molecule is COCc1nc(CCNC(=O)Cc2cccc(F)c2)no1. The molecule has 112 valence electrons. The van der Waals surface area contributed by atoms with Crippen LogP contribution in [0.25, 0.3) is 0 Å². The number of amides is 1. The minimum Gasteiger partial charge on any atom is -0.375 e. The summed E-state index contributed by atoms with van der Waals surface area (Å²) in [7, 11) is 1.54. The fourth-order valence-electron chi connectivity index (χ4n) is 1.78. The molecule has 0 radical (unpaired) electrons. The number of benzene rings is 1. The van der Waals surface area contributed by atoms with Crippen molar-refractivity contribution < 1.29 is 18.4 Å². The summed E-state index contributed by atoms with van der Waals surface area (Å²) in [5, 5.41) is 6.49. The number of aromatic nitrogens is 2. The Labute approximate surface area is 121 Å². The van der Waals surface area contributed by atoms with Gasteiger partial charge in [-0.2, -0.15) is 4.98 Å². The first-order valence-electron chi connectivity index (χ1n) is 6.49. The molecule has 0 fully saturated rings. The summed E-state index contributed by atoms with van der Waals surface area (Å²) in [6.07, 6.45) is 0.598. The molecule has 0 saturated carbocycles. The van der Waals surface area contributed by atoms with E-state index < -0.39 is 0 Å².